The average molecular weight is 269 g/mol. The minimum Gasteiger partial charge on any atom is -0.481 e. The number of carboxylic acid groups (broad SMARTS) is 1. The second-order valence-electron chi connectivity index (χ2n) is 6.90. The van der Waals surface area contributed by atoms with Gasteiger partial charge < -0.3 is 10.4 Å². The molecule has 1 aliphatic rings. The van der Waals surface area contributed by atoms with Crippen molar-refractivity contribution in [2.24, 2.45) is 11.3 Å². The van der Waals surface area contributed by atoms with E-state index in [2.05, 4.69) is 26.1 Å². The molecular weight excluding hydrogens is 238 g/mol. The van der Waals surface area contributed by atoms with Crippen LogP contribution in [0.4, 0.5) is 0 Å². The summed E-state index contributed by atoms with van der Waals surface area (Å²) >= 11 is 0. The Morgan fingerprint density at radius 1 is 1.32 bits per heavy atom. The van der Waals surface area contributed by atoms with Crippen LogP contribution in [0.3, 0.4) is 0 Å². The van der Waals surface area contributed by atoms with Crippen molar-refractivity contribution in [3.63, 3.8) is 0 Å². The van der Waals surface area contributed by atoms with Crippen molar-refractivity contribution in [3.8, 4) is 0 Å². The third-order valence-corrected chi connectivity index (χ3v) is 4.35. The Labute approximate surface area is 118 Å². The molecule has 0 aromatic rings. The van der Waals surface area contributed by atoms with Crippen molar-refractivity contribution in [3.05, 3.63) is 0 Å². The minimum atomic E-state index is -0.617. The molecule has 1 saturated carbocycles. The van der Waals surface area contributed by atoms with Crippen LogP contribution >= 0.6 is 0 Å². The van der Waals surface area contributed by atoms with E-state index in [0.717, 1.165) is 32.2 Å². The molecule has 1 rings (SSSR count). The summed E-state index contributed by atoms with van der Waals surface area (Å²) in [5.41, 5.74) is 0.325. The Morgan fingerprint density at radius 3 is 2.68 bits per heavy atom. The molecule has 2 atom stereocenters. The van der Waals surface area contributed by atoms with Gasteiger partial charge in [-0.2, -0.15) is 0 Å². The smallest absolute Gasteiger partial charge is 0.306 e. The zero-order valence-corrected chi connectivity index (χ0v) is 12.9. The van der Waals surface area contributed by atoms with E-state index in [0.29, 0.717) is 11.5 Å². The lowest BCUT2D eigenvalue weighted by atomic mass is 9.83. The van der Waals surface area contributed by atoms with E-state index in [1.807, 2.05) is 0 Å². The van der Waals surface area contributed by atoms with Crippen LogP contribution in [0, 0.1) is 11.3 Å². The number of carboxylic acids is 1. The van der Waals surface area contributed by atoms with Gasteiger partial charge in [-0.3, -0.25) is 4.79 Å². The molecule has 0 aliphatic heterocycles. The first-order valence-electron chi connectivity index (χ1n) is 7.91. The summed E-state index contributed by atoms with van der Waals surface area (Å²) in [4.78, 5) is 11.0. The van der Waals surface area contributed by atoms with Crippen LogP contribution in [0.2, 0.25) is 0 Å². The number of unbranched alkanes of at least 4 members (excludes halogenated alkanes) is 2. The van der Waals surface area contributed by atoms with Gasteiger partial charge in [-0.25, -0.2) is 0 Å². The zero-order chi connectivity index (χ0) is 14.3. The van der Waals surface area contributed by atoms with E-state index in [4.69, 9.17) is 5.11 Å². The molecule has 1 aliphatic carbocycles. The molecular formula is C16H31NO2. The Balaban J connectivity index is 2.28. The van der Waals surface area contributed by atoms with Gasteiger partial charge in [0.15, 0.2) is 0 Å². The quantitative estimate of drug-likeness (QED) is 0.658. The third kappa shape index (κ3) is 6.42. The van der Waals surface area contributed by atoms with Crippen molar-refractivity contribution in [1.82, 2.24) is 5.32 Å². The largest absolute Gasteiger partial charge is 0.481 e. The van der Waals surface area contributed by atoms with E-state index in [-0.39, 0.29) is 5.92 Å². The first-order valence-corrected chi connectivity index (χ1v) is 7.91. The van der Waals surface area contributed by atoms with Gasteiger partial charge in [-0.15, -0.1) is 0 Å². The lowest BCUT2D eigenvalue weighted by Gasteiger charge is -2.32. The van der Waals surface area contributed by atoms with Crippen molar-refractivity contribution >= 4 is 5.97 Å². The summed E-state index contributed by atoms with van der Waals surface area (Å²) in [5, 5.41) is 12.7. The lowest BCUT2D eigenvalue weighted by Crippen LogP contribution is -2.41. The molecule has 112 valence electrons. The highest BCUT2D eigenvalue weighted by molar-refractivity contribution is 5.70. The van der Waals surface area contributed by atoms with Gasteiger partial charge >= 0.3 is 5.97 Å². The molecule has 0 aromatic carbocycles. The number of hydrogen-bond donors (Lipinski definition) is 2. The topological polar surface area (TPSA) is 49.3 Å². The van der Waals surface area contributed by atoms with Crippen molar-refractivity contribution in [2.75, 3.05) is 6.54 Å². The van der Waals surface area contributed by atoms with E-state index >= 15 is 0 Å². The molecule has 0 radical (unpaired) electrons. The van der Waals surface area contributed by atoms with Crippen LogP contribution in [0.15, 0.2) is 0 Å². The van der Waals surface area contributed by atoms with Crippen LogP contribution in [0.5, 0.6) is 0 Å². The third-order valence-electron chi connectivity index (χ3n) is 4.35. The molecule has 3 heteroatoms. The first kappa shape index (κ1) is 16.5. The molecule has 0 spiro atoms. The molecule has 0 aromatic heterocycles. The van der Waals surface area contributed by atoms with E-state index < -0.39 is 5.97 Å². The monoisotopic (exact) mass is 269 g/mol. The van der Waals surface area contributed by atoms with E-state index in [1.165, 1.54) is 25.7 Å². The highest BCUT2D eigenvalue weighted by atomic mass is 16.4. The Bertz CT molecular complexity index is 276. The molecule has 19 heavy (non-hydrogen) atoms. The fourth-order valence-electron chi connectivity index (χ4n) is 2.96. The second-order valence-corrected chi connectivity index (χ2v) is 6.90. The number of aliphatic carboxylic acids is 1. The highest BCUT2D eigenvalue weighted by Gasteiger charge is 2.28. The van der Waals surface area contributed by atoms with Crippen LogP contribution < -0.4 is 5.32 Å². The molecule has 2 N–H and O–H groups in total. The van der Waals surface area contributed by atoms with Gasteiger partial charge in [0.1, 0.15) is 0 Å². The predicted octanol–water partition coefficient (Wildman–Crippen LogP) is 3.83. The maximum atomic E-state index is 11.0. The molecule has 1 fully saturated rings. The fourth-order valence-corrected chi connectivity index (χ4v) is 2.96. The van der Waals surface area contributed by atoms with Gasteiger partial charge in [0.05, 0.1) is 5.92 Å². The maximum absolute atomic E-state index is 11.0. The number of nitrogens with one attached hydrogen (secondary N) is 1. The maximum Gasteiger partial charge on any atom is 0.306 e. The lowest BCUT2D eigenvalue weighted by molar-refractivity contribution is -0.143. The number of hydrogen-bond acceptors (Lipinski definition) is 2. The molecule has 0 amide bonds. The summed E-state index contributed by atoms with van der Waals surface area (Å²) in [7, 11) is 0. The predicted molar refractivity (Wildman–Crippen MR) is 79.3 cm³/mol. The number of carbonyl (C=O) groups is 1. The van der Waals surface area contributed by atoms with E-state index in [9.17, 15) is 4.79 Å². The van der Waals surface area contributed by atoms with Crippen molar-refractivity contribution in [2.45, 2.75) is 78.2 Å². The molecule has 0 saturated heterocycles. The number of rotatable bonds is 8. The first-order chi connectivity index (χ1) is 8.94. The summed E-state index contributed by atoms with van der Waals surface area (Å²) in [6.45, 7) is 7.87. The molecule has 2 unspecified atom stereocenters. The zero-order valence-electron chi connectivity index (χ0n) is 12.9. The summed E-state index contributed by atoms with van der Waals surface area (Å²) < 4.78 is 0. The normalized spacial score (nSPS) is 24.4. The molecule has 0 bridgehead atoms. The second kappa shape index (κ2) is 7.88. The van der Waals surface area contributed by atoms with E-state index in [1.54, 1.807) is 0 Å². The average Bonchev–Trinajstić information content (AvgIpc) is 2.37. The summed E-state index contributed by atoms with van der Waals surface area (Å²) in [6.07, 6.45) is 8.98. The van der Waals surface area contributed by atoms with Crippen LogP contribution in [-0.2, 0) is 4.79 Å². The van der Waals surface area contributed by atoms with Crippen molar-refractivity contribution < 1.29 is 9.90 Å². The van der Waals surface area contributed by atoms with Gasteiger partial charge in [0.25, 0.3) is 0 Å². The van der Waals surface area contributed by atoms with Gasteiger partial charge in [0.2, 0.25) is 0 Å². The Kier molecular flexibility index (Phi) is 6.84. The Hall–Kier alpha value is -0.570. The van der Waals surface area contributed by atoms with Gasteiger partial charge in [-0.1, -0.05) is 46.5 Å². The van der Waals surface area contributed by atoms with Crippen molar-refractivity contribution in [1.29, 1.82) is 0 Å². The SMILES string of the molecule is CCCCCC(C)(C)CNC1CCCC(C(=O)O)C1. The minimum absolute atomic E-state index is 0.130. The standard InChI is InChI=1S/C16H31NO2/c1-4-5-6-10-16(2,3)12-17-14-9-7-8-13(11-14)15(18)19/h13-14,17H,4-12H2,1-3H3,(H,18,19). The van der Waals surface area contributed by atoms with Crippen LogP contribution in [0.25, 0.3) is 0 Å². The summed E-state index contributed by atoms with van der Waals surface area (Å²) in [6, 6.07) is 0.403. The molecule has 3 nitrogen and oxygen atoms in total. The van der Waals surface area contributed by atoms with Crippen LogP contribution in [0.1, 0.15) is 72.1 Å². The van der Waals surface area contributed by atoms with Gasteiger partial charge in [0, 0.05) is 12.6 Å². The van der Waals surface area contributed by atoms with Gasteiger partial charge in [-0.05, 0) is 31.1 Å². The Morgan fingerprint density at radius 2 is 2.05 bits per heavy atom. The van der Waals surface area contributed by atoms with Crippen LogP contribution in [-0.4, -0.2) is 23.7 Å². The molecule has 0 heterocycles. The highest BCUT2D eigenvalue weighted by Crippen LogP contribution is 2.27. The summed E-state index contributed by atoms with van der Waals surface area (Å²) in [5.74, 6) is -0.747. The fraction of sp³-hybridized carbons (Fsp3) is 0.938.